The third-order valence-electron chi connectivity index (χ3n) is 6.42. The molecule has 0 bridgehead atoms. The quantitative estimate of drug-likeness (QED) is 0.649. The fraction of sp³-hybridized carbons (Fsp3) is 0.480. The molecule has 1 aromatic heterocycles. The maximum Gasteiger partial charge on any atom is 0.270 e. The number of nitrogens with one attached hydrogen (secondary N) is 1. The van der Waals surface area contributed by atoms with Gasteiger partial charge in [0, 0.05) is 33.0 Å². The fourth-order valence-corrected chi connectivity index (χ4v) is 4.48. The molecule has 4 rings (SSSR count). The number of aryl methyl sites for hydroxylation is 1. The van der Waals surface area contributed by atoms with Crippen LogP contribution < -0.4 is 10.1 Å². The Bertz CT molecular complexity index is 1130. The van der Waals surface area contributed by atoms with Gasteiger partial charge in [0.2, 0.25) is 5.91 Å². The molecule has 3 heterocycles. The number of methoxy groups -OCH3 is 1. The van der Waals surface area contributed by atoms with Gasteiger partial charge in [-0.25, -0.2) is 14.4 Å². The van der Waals surface area contributed by atoms with Gasteiger partial charge in [-0.3, -0.25) is 9.59 Å². The summed E-state index contributed by atoms with van der Waals surface area (Å²) < 4.78 is 18.6. The molecule has 1 aromatic carbocycles. The lowest BCUT2D eigenvalue weighted by Crippen LogP contribution is -2.37. The lowest BCUT2D eigenvalue weighted by Gasteiger charge is -2.31. The number of hydrogen-bond donors (Lipinski definition) is 1. The molecule has 2 amide bonds. The van der Waals surface area contributed by atoms with E-state index in [0.717, 1.165) is 32.4 Å². The van der Waals surface area contributed by atoms with Crippen molar-refractivity contribution in [1.82, 2.24) is 20.2 Å². The van der Waals surface area contributed by atoms with Crippen LogP contribution in [0, 0.1) is 18.7 Å². The van der Waals surface area contributed by atoms with Crippen molar-refractivity contribution in [3.8, 4) is 5.75 Å². The van der Waals surface area contributed by atoms with Gasteiger partial charge in [0.25, 0.3) is 5.91 Å². The van der Waals surface area contributed by atoms with E-state index < -0.39 is 5.82 Å². The summed E-state index contributed by atoms with van der Waals surface area (Å²) in [5, 5.41) is 7.04. The van der Waals surface area contributed by atoms with E-state index in [0.29, 0.717) is 35.1 Å². The van der Waals surface area contributed by atoms with E-state index in [1.54, 1.807) is 32.0 Å². The zero-order valence-electron chi connectivity index (χ0n) is 20.2. The number of benzene rings is 1. The van der Waals surface area contributed by atoms with Crippen molar-refractivity contribution in [2.45, 2.75) is 52.2 Å². The van der Waals surface area contributed by atoms with Gasteiger partial charge >= 0.3 is 0 Å². The average Bonchev–Trinajstić information content (AvgIpc) is 3.31. The Hall–Kier alpha value is -3.56. The molecule has 186 valence electrons. The molecule has 1 N–H and O–H groups in total. The molecule has 1 unspecified atom stereocenters. The first kappa shape index (κ1) is 24.6. The number of nitrogens with zero attached hydrogens (tertiary/aromatic N) is 4. The first-order valence-corrected chi connectivity index (χ1v) is 11.8. The molecule has 1 atom stereocenters. The Kier molecular flexibility index (Phi) is 7.57. The second kappa shape index (κ2) is 10.8. The van der Waals surface area contributed by atoms with Gasteiger partial charge in [-0.1, -0.05) is 11.2 Å². The highest BCUT2D eigenvalue weighted by atomic mass is 19.1. The number of oxime groups is 1. The van der Waals surface area contributed by atoms with E-state index in [9.17, 15) is 14.0 Å². The third-order valence-corrected chi connectivity index (χ3v) is 6.42. The summed E-state index contributed by atoms with van der Waals surface area (Å²) in [4.78, 5) is 40.6. The van der Waals surface area contributed by atoms with Crippen LogP contribution in [0.15, 0.2) is 29.4 Å². The van der Waals surface area contributed by atoms with Crippen LogP contribution in [-0.4, -0.2) is 58.7 Å². The molecule has 0 aliphatic carbocycles. The number of amides is 2. The van der Waals surface area contributed by atoms with Gasteiger partial charge in [0.05, 0.1) is 12.8 Å². The van der Waals surface area contributed by atoms with Gasteiger partial charge in [0.1, 0.15) is 23.3 Å². The van der Waals surface area contributed by atoms with E-state index in [-0.39, 0.29) is 35.9 Å². The predicted octanol–water partition coefficient (Wildman–Crippen LogP) is 3.00. The smallest absolute Gasteiger partial charge is 0.270 e. The fourth-order valence-electron chi connectivity index (χ4n) is 4.48. The lowest BCUT2D eigenvalue weighted by molar-refractivity contribution is -0.130. The number of piperidine rings is 1. The highest BCUT2D eigenvalue weighted by Crippen LogP contribution is 2.28. The van der Waals surface area contributed by atoms with Crippen molar-refractivity contribution in [3.05, 3.63) is 52.9 Å². The molecule has 1 saturated heterocycles. The maximum atomic E-state index is 13.6. The molecule has 10 heteroatoms. The zero-order valence-corrected chi connectivity index (χ0v) is 20.2. The largest absolute Gasteiger partial charge is 0.494 e. The van der Waals surface area contributed by atoms with Crippen LogP contribution in [0.3, 0.4) is 0 Å². The van der Waals surface area contributed by atoms with Crippen LogP contribution in [0.5, 0.6) is 5.75 Å². The number of carbonyl (C=O) groups excluding carboxylic acids is 2. The van der Waals surface area contributed by atoms with Crippen molar-refractivity contribution in [2.24, 2.45) is 11.1 Å². The molecular formula is C25H30FN5O4. The Morgan fingerprint density at radius 2 is 2.00 bits per heavy atom. The molecule has 0 radical (unpaired) electrons. The third kappa shape index (κ3) is 6.12. The van der Waals surface area contributed by atoms with E-state index in [1.165, 1.54) is 13.2 Å². The van der Waals surface area contributed by atoms with Crippen LogP contribution in [0.1, 0.15) is 60.2 Å². The van der Waals surface area contributed by atoms with Crippen molar-refractivity contribution in [3.63, 3.8) is 0 Å². The molecule has 2 aliphatic rings. The van der Waals surface area contributed by atoms with Crippen LogP contribution >= 0.6 is 0 Å². The minimum Gasteiger partial charge on any atom is -0.494 e. The topological polar surface area (TPSA) is 106 Å². The molecule has 35 heavy (non-hydrogen) atoms. The van der Waals surface area contributed by atoms with E-state index in [1.807, 2.05) is 4.90 Å². The number of likely N-dealkylation sites (tertiary alicyclic amines) is 1. The highest BCUT2D eigenvalue weighted by molar-refractivity contribution is 6.01. The van der Waals surface area contributed by atoms with Gasteiger partial charge in [-0.15, -0.1) is 0 Å². The number of carbonyl (C=O) groups is 2. The highest BCUT2D eigenvalue weighted by Gasteiger charge is 2.29. The minimum absolute atomic E-state index is 0.0418. The van der Waals surface area contributed by atoms with Crippen LogP contribution in [0.25, 0.3) is 0 Å². The summed E-state index contributed by atoms with van der Waals surface area (Å²) in [6, 6.07) is 6.04. The minimum atomic E-state index is -0.460. The van der Waals surface area contributed by atoms with Crippen LogP contribution in [0.2, 0.25) is 0 Å². The standard InChI is InChI=1S/C25H30FN5O4/c1-15-28-21(22-12-19(35-30-22)10-17-6-8-31(9-7-17)16(2)32)13-23(29-15)25(33)27-14-18-4-5-20(26)24(11-18)34-3/h4-5,11,13,17,19H,6-10,12,14H2,1-3H3,(H,27,33). The SMILES string of the molecule is COc1cc(CNC(=O)c2cc(C3=NOC(CC4CCN(C(C)=O)CC4)C3)nc(C)n2)ccc1F. The molecule has 2 aliphatic heterocycles. The predicted molar refractivity (Wildman–Crippen MR) is 127 cm³/mol. The molecule has 9 nitrogen and oxygen atoms in total. The summed E-state index contributed by atoms with van der Waals surface area (Å²) in [6.07, 6.45) is 3.37. The summed E-state index contributed by atoms with van der Waals surface area (Å²) in [6.45, 7) is 5.10. The van der Waals surface area contributed by atoms with Gasteiger partial charge in [-0.2, -0.15) is 0 Å². The van der Waals surface area contributed by atoms with Gasteiger partial charge in [0.15, 0.2) is 11.6 Å². The molecule has 1 fully saturated rings. The first-order chi connectivity index (χ1) is 16.8. The summed E-state index contributed by atoms with van der Waals surface area (Å²) in [5.41, 5.74) is 2.19. The summed E-state index contributed by atoms with van der Waals surface area (Å²) in [7, 11) is 1.39. The van der Waals surface area contributed by atoms with Crippen molar-refractivity contribution >= 4 is 17.5 Å². The second-order valence-electron chi connectivity index (χ2n) is 8.99. The molecule has 0 spiro atoms. The summed E-state index contributed by atoms with van der Waals surface area (Å²) >= 11 is 0. The monoisotopic (exact) mass is 483 g/mol. The average molecular weight is 484 g/mol. The Morgan fingerprint density at radius 3 is 2.71 bits per heavy atom. The Morgan fingerprint density at radius 1 is 1.23 bits per heavy atom. The maximum absolute atomic E-state index is 13.6. The molecular weight excluding hydrogens is 453 g/mol. The Balaban J connectivity index is 1.34. The Labute approximate surface area is 203 Å². The number of aromatic nitrogens is 2. The number of halogens is 1. The van der Waals surface area contributed by atoms with E-state index >= 15 is 0 Å². The van der Waals surface area contributed by atoms with Crippen molar-refractivity contribution in [1.29, 1.82) is 0 Å². The number of rotatable bonds is 7. The van der Waals surface area contributed by atoms with Gasteiger partial charge in [-0.05, 0) is 55.9 Å². The first-order valence-electron chi connectivity index (χ1n) is 11.8. The van der Waals surface area contributed by atoms with Crippen LogP contribution in [-0.2, 0) is 16.2 Å². The van der Waals surface area contributed by atoms with Crippen molar-refractivity contribution in [2.75, 3.05) is 20.2 Å². The van der Waals surface area contributed by atoms with E-state index in [2.05, 4.69) is 20.4 Å². The normalized spacial score (nSPS) is 18.1. The summed E-state index contributed by atoms with van der Waals surface area (Å²) in [5.74, 6) is 0.367. The molecule has 2 aromatic rings. The van der Waals surface area contributed by atoms with Crippen molar-refractivity contribution < 1.29 is 23.6 Å². The number of ether oxygens (including phenoxy) is 1. The van der Waals surface area contributed by atoms with Gasteiger partial charge < -0.3 is 19.8 Å². The zero-order chi connectivity index (χ0) is 24.9. The van der Waals surface area contributed by atoms with Crippen LogP contribution in [0.4, 0.5) is 4.39 Å². The molecule has 0 saturated carbocycles. The lowest BCUT2D eigenvalue weighted by atomic mass is 9.89. The second-order valence-corrected chi connectivity index (χ2v) is 8.99. The van der Waals surface area contributed by atoms with E-state index in [4.69, 9.17) is 9.57 Å². The number of hydrogen-bond acceptors (Lipinski definition) is 7.